The molecule has 1 aromatic rings. The fraction of sp³-hybridized carbons (Fsp3) is 0.333. The highest BCUT2D eigenvalue weighted by Gasteiger charge is 1.93. The van der Waals surface area contributed by atoms with Gasteiger partial charge in [-0.2, -0.15) is 0 Å². The molecule has 0 aromatic carbocycles. The second-order valence-corrected chi connectivity index (χ2v) is 2.64. The van der Waals surface area contributed by atoms with Crippen molar-refractivity contribution >= 4 is 23.5 Å². The van der Waals surface area contributed by atoms with Crippen LogP contribution in [0.4, 0.5) is 0 Å². The third kappa shape index (κ3) is 2.39. The summed E-state index contributed by atoms with van der Waals surface area (Å²) in [5, 5.41) is 11.2. The van der Waals surface area contributed by atoms with Gasteiger partial charge in [-0.05, 0) is 29.6 Å². The molecule has 6 heteroatoms. The zero-order valence-corrected chi connectivity index (χ0v) is 7.58. The molecule has 0 spiro atoms. The third-order valence-corrected chi connectivity index (χ3v) is 1.19. The zero-order chi connectivity index (χ0) is 8.97. The first-order valence-corrected chi connectivity index (χ1v) is 3.69. The first kappa shape index (κ1) is 8.79. The first-order valence-electron chi connectivity index (χ1n) is 3.28. The number of nitrogens with zero attached hydrogens (tertiary/aromatic N) is 4. The van der Waals surface area contributed by atoms with Gasteiger partial charge in [0.1, 0.15) is 6.26 Å². The Labute approximate surface area is 75.0 Å². The molecule has 0 aliphatic rings. The molecule has 0 radical (unpaired) electrons. The number of aromatic nitrogens is 4. The van der Waals surface area contributed by atoms with Crippen molar-refractivity contribution in [2.24, 2.45) is 0 Å². The summed E-state index contributed by atoms with van der Waals surface area (Å²) in [4.78, 5) is 0. The minimum absolute atomic E-state index is 0.456. The molecule has 0 unspecified atom stereocenters. The van der Waals surface area contributed by atoms with Crippen molar-refractivity contribution in [2.75, 3.05) is 0 Å². The summed E-state index contributed by atoms with van der Waals surface area (Å²) in [7, 11) is 0. The van der Waals surface area contributed by atoms with Crippen LogP contribution < -0.4 is 0 Å². The number of tetrazole rings is 1. The normalized spacial score (nSPS) is 10.5. The van der Waals surface area contributed by atoms with Gasteiger partial charge in [-0.15, -0.1) is 5.10 Å². The molecule has 1 heterocycles. The third-order valence-electron chi connectivity index (χ3n) is 1.09. The molecule has 0 saturated heterocycles. The van der Waals surface area contributed by atoms with Gasteiger partial charge in [-0.3, -0.25) is 0 Å². The number of rotatable bonds is 2. The monoisotopic (exact) mass is 184 g/mol. The second-order valence-electron chi connectivity index (χ2n) is 2.07. The number of hydrogen-bond donors (Lipinski definition) is 0. The highest BCUT2D eigenvalue weighted by atomic mass is 32.1. The standard InChI is InChI=1S/C6H8N4OS/c1-5-7-8-9-10(5)3-4-11-6(2)12/h3-4H,1-2H3/b4-3-. The molecule has 64 valence electrons. The Morgan fingerprint density at radius 3 is 2.92 bits per heavy atom. The summed E-state index contributed by atoms with van der Waals surface area (Å²) in [5.41, 5.74) is 0. The van der Waals surface area contributed by atoms with Gasteiger partial charge in [0.15, 0.2) is 10.9 Å². The van der Waals surface area contributed by atoms with Crippen LogP contribution in [0.1, 0.15) is 12.7 Å². The van der Waals surface area contributed by atoms with E-state index in [9.17, 15) is 0 Å². The number of thiocarbonyl (C=S) groups is 1. The van der Waals surface area contributed by atoms with Gasteiger partial charge in [0.05, 0.1) is 6.20 Å². The molecule has 0 saturated carbocycles. The van der Waals surface area contributed by atoms with Crippen LogP contribution in [0.5, 0.6) is 0 Å². The molecule has 1 aromatic heterocycles. The molecule has 1 rings (SSSR count). The molecule has 0 aliphatic carbocycles. The Morgan fingerprint density at radius 2 is 2.42 bits per heavy atom. The molecule has 0 fully saturated rings. The van der Waals surface area contributed by atoms with Crippen LogP contribution >= 0.6 is 12.2 Å². The van der Waals surface area contributed by atoms with E-state index in [1.54, 1.807) is 20.0 Å². The van der Waals surface area contributed by atoms with Crippen molar-refractivity contribution in [2.45, 2.75) is 13.8 Å². The second kappa shape index (κ2) is 3.91. The molecule has 0 bridgehead atoms. The fourth-order valence-corrected chi connectivity index (χ4v) is 0.615. The minimum Gasteiger partial charge on any atom is -0.457 e. The van der Waals surface area contributed by atoms with Gasteiger partial charge in [0.25, 0.3) is 0 Å². The lowest BCUT2D eigenvalue weighted by Gasteiger charge is -1.93. The predicted molar refractivity (Wildman–Crippen MR) is 47.2 cm³/mol. The molecule has 5 nitrogen and oxygen atoms in total. The van der Waals surface area contributed by atoms with Crippen LogP contribution in [0, 0.1) is 6.92 Å². The van der Waals surface area contributed by atoms with Crippen molar-refractivity contribution in [3.05, 3.63) is 12.1 Å². The lowest BCUT2D eigenvalue weighted by Crippen LogP contribution is -1.94. The van der Waals surface area contributed by atoms with Gasteiger partial charge in [-0.25, -0.2) is 4.68 Å². The van der Waals surface area contributed by atoms with Crippen molar-refractivity contribution < 1.29 is 4.74 Å². The van der Waals surface area contributed by atoms with E-state index in [1.807, 2.05) is 0 Å². The van der Waals surface area contributed by atoms with Crippen LogP contribution in [0.15, 0.2) is 6.26 Å². The maximum Gasteiger partial charge on any atom is 0.163 e. The van der Waals surface area contributed by atoms with Crippen LogP contribution in [0.3, 0.4) is 0 Å². The number of ether oxygens (including phenoxy) is 1. The summed E-state index contributed by atoms with van der Waals surface area (Å²) in [5.74, 6) is 0.692. The Bertz CT molecular complexity index is 306. The first-order chi connectivity index (χ1) is 5.70. The highest BCUT2D eigenvalue weighted by Crippen LogP contribution is 1.90. The van der Waals surface area contributed by atoms with E-state index in [2.05, 4.69) is 27.7 Å². The SMILES string of the molecule is CC(=S)O/C=C\n1nnnc1C. The molecule has 0 N–H and O–H groups in total. The van der Waals surface area contributed by atoms with Crippen LogP contribution in [0.25, 0.3) is 6.20 Å². The highest BCUT2D eigenvalue weighted by molar-refractivity contribution is 7.80. The molecule has 0 aliphatic heterocycles. The van der Waals surface area contributed by atoms with E-state index in [-0.39, 0.29) is 0 Å². The molecular formula is C6H8N4OS. The van der Waals surface area contributed by atoms with Crippen LogP contribution in [0.2, 0.25) is 0 Å². The smallest absolute Gasteiger partial charge is 0.163 e. The summed E-state index contributed by atoms with van der Waals surface area (Å²) in [6, 6.07) is 0. The Hall–Kier alpha value is -1.30. The van der Waals surface area contributed by atoms with Gasteiger partial charge >= 0.3 is 0 Å². The topological polar surface area (TPSA) is 52.8 Å². The van der Waals surface area contributed by atoms with Crippen molar-refractivity contribution in [1.82, 2.24) is 20.2 Å². The Morgan fingerprint density at radius 1 is 1.67 bits per heavy atom. The maximum atomic E-state index is 4.90. The van der Waals surface area contributed by atoms with E-state index >= 15 is 0 Å². The van der Waals surface area contributed by atoms with E-state index in [1.165, 1.54) is 10.9 Å². The zero-order valence-electron chi connectivity index (χ0n) is 6.76. The summed E-state index contributed by atoms with van der Waals surface area (Å²) in [6.07, 6.45) is 3.02. The molecular weight excluding hydrogens is 176 g/mol. The summed E-state index contributed by atoms with van der Waals surface area (Å²) in [6.45, 7) is 3.47. The largest absolute Gasteiger partial charge is 0.457 e. The summed E-state index contributed by atoms with van der Waals surface area (Å²) < 4.78 is 6.39. The van der Waals surface area contributed by atoms with Gasteiger partial charge in [-0.1, -0.05) is 0 Å². The maximum absolute atomic E-state index is 4.90. The fourth-order valence-electron chi connectivity index (χ4n) is 0.560. The van der Waals surface area contributed by atoms with Gasteiger partial charge in [0.2, 0.25) is 0 Å². The van der Waals surface area contributed by atoms with Crippen molar-refractivity contribution in [1.29, 1.82) is 0 Å². The van der Waals surface area contributed by atoms with E-state index < -0.39 is 0 Å². The average molecular weight is 184 g/mol. The molecule has 0 amide bonds. The molecule has 0 atom stereocenters. The quantitative estimate of drug-likeness (QED) is 0.502. The van der Waals surface area contributed by atoms with Gasteiger partial charge < -0.3 is 4.74 Å². The summed E-state index contributed by atoms with van der Waals surface area (Å²) >= 11 is 4.69. The van der Waals surface area contributed by atoms with Crippen molar-refractivity contribution in [3.8, 4) is 0 Å². The predicted octanol–water partition coefficient (Wildman–Crippen LogP) is 0.774. The number of hydrogen-bond acceptors (Lipinski definition) is 5. The van der Waals surface area contributed by atoms with Crippen LogP contribution in [-0.2, 0) is 4.74 Å². The van der Waals surface area contributed by atoms with E-state index in [0.29, 0.717) is 10.9 Å². The number of aryl methyl sites for hydroxylation is 1. The minimum atomic E-state index is 0.456. The van der Waals surface area contributed by atoms with E-state index in [0.717, 1.165) is 0 Å². The lowest BCUT2D eigenvalue weighted by molar-refractivity contribution is 0.482. The van der Waals surface area contributed by atoms with E-state index in [4.69, 9.17) is 4.74 Å². The van der Waals surface area contributed by atoms with Crippen LogP contribution in [-0.4, -0.2) is 25.3 Å². The average Bonchev–Trinajstić information content (AvgIpc) is 2.36. The lowest BCUT2D eigenvalue weighted by atomic mass is 10.7. The van der Waals surface area contributed by atoms with Gasteiger partial charge in [0, 0.05) is 6.92 Å². The Kier molecular flexibility index (Phi) is 2.87. The van der Waals surface area contributed by atoms with Crippen molar-refractivity contribution in [3.63, 3.8) is 0 Å². The molecule has 12 heavy (non-hydrogen) atoms. The Balaban J connectivity index is 2.57.